The van der Waals surface area contributed by atoms with Crippen LogP contribution in [0.4, 0.5) is 0 Å². The van der Waals surface area contributed by atoms with E-state index in [2.05, 4.69) is 10.4 Å². The van der Waals surface area contributed by atoms with Crippen molar-refractivity contribution < 1.29 is 9.53 Å². The summed E-state index contributed by atoms with van der Waals surface area (Å²) in [6.07, 6.45) is 5.45. The van der Waals surface area contributed by atoms with Crippen molar-refractivity contribution in [3.63, 3.8) is 0 Å². The quantitative estimate of drug-likeness (QED) is 0.856. The zero-order valence-corrected chi connectivity index (χ0v) is 14.4. The minimum Gasteiger partial charge on any atom is -0.496 e. The molecule has 6 heteroatoms. The summed E-state index contributed by atoms with van der Waals surface area (Å²) in [6.45, 7) is 0. The molecule has 1 unspecified atom stereocenters. The Bertz CT molecular complexity index is 870. The average Bonchev–Trinajstić information content (AvgIpc) is 2.61. The fourth-order valence-corrected chi connectivity index (χ4v) is 3.03. The van der Waals surface area contributed by atoms with Crippen LogP contribution in [0.15, 0.2) is 41.2 Å². The molecule has 0 bridgehead atoms. The van der Waals surface area contributed by atoms with Crippen molar-refractivity contribution in [2.45, 2.75) is 25.3 Å². The molecule has 0 spiro atoms. The smallest absolute Gasteiger partial charge is 0.266 e. The number of hydrogen-bond acceptors (Lipinski definition) is 4. The van der Waals surface area contributed by atoms with E-state index in [1.165, 1.54) is 10.8 Å². The number of ether oxygens (including phenoxy) is 1. The van der Waals surface area contributed by atoms with E-state index in [0.717, 1.165) is 35.4 Å². The third-order valence-corrected chi connectivity index (χ3v) is 4.35. The number of carbonyl (C=O) groups excluding carboxylic acids is 1. The van der Waals surface area contributed by atoms with E-state index in [9.17, 15) is 9.59 Å². The van der Waals surface area contributed by atoms with Crippen LogP contribution in [0.25, 0.3) is 6.08 Å². The van der Waals surface area contributed by atoms with Gasteiger partial charge in [0.2, 0.25) is 5.91 Å². The first-order valence-electron chi connectivity index (χ1n) is 8.24. The van der Waals surface area contributed by atoms with Gasteiger partial charge in [-0.1, -0.05) is 18.2 Å². The van der Waals surface area contributed by atoms with Gasteiger partial charge in [-0.05, 0) is 37.0 Å². The van der Waals surface area contributed by atoms with Crippen molar-refractivity contribution in [3.8, 4) is 5.75 Å². The van der Waals surface area contributed by atoms with Crippen molar-refractivity contribution in [3.05, 3.63) is 63.6 Å². The largest absolute Gasteiger partial charge is 0.496 e. The van der Waals surface area contributed by atoms with E-state index < -0.39 is 0 Å². The summed E-state index contributed by atoms with van der Waals surface area (Å²) in [7, 11) is 3.25. The van der Waals surface area contributed by atoms with Gasteiger partial charge in [0.15, 0.2) is 0 Å². The third kappa shape index (κ3) is 3.96. The maximum absolute atomic E-state index is 12.2. The van der Waals surface area contributed by atoms with Gasteiger partial charge in [-0.3, -0.25) is 9.59 Å². The molecule has 1 heterocycles. The van der Waals surface area contributed by atoms with Gasteiger partial charge in [0, 0.05) is 30.8 Å². The van der Waals surface area contributed by atoms with Crippen LogP contribution in [0.2, 0.25) is 0 Å². The van der Waals surface area contributed by atoms with Crippen molar-refractivity contribution in [2.75, 3.05) is 7.11 Å². The van der Waals surface area contributed by atoms with E-state index >= 15 is 0 Å². The second kappa shape index (κ2) is 7.34. The first-order valence-corrected chi connectivity index (χ1v) is 8.24. The van der Waals surface area contributed by atoms with Gasteiger partial charge in [0.1, 0.15) is 5.75 Å². The molecule has 0 fully saturated rings. The number of aromatic nitrogens is 2. The maximum Gasteiger partial charge on any atom is 0.266 e. The zero-order chi connectivity index (χ0) is 17.8. The Labute approximate surface area is 146 Å². The first-order chi connectivity index (χ1) is 12.1. The molecule has 130 valence electrons. The van der Waals surface area contributed by atoms with Crippen LogP contribution in [0.1, 0.15) is 23.2 Å². The van der Waals surface area contributed by atoms with E-state index in [1.807, 2.05) is 24.3 Å². The Hall–Kier alpha value is -2.89. The van der Waals surface area contributed by atoms with E-state index in [1.54, 1.807) is 26.3 Å². The second-order valence-electron chi connectivity index (χ2n) is 6.10. The summed E-state index contributed by atoms with van der Waals surface area (Å²) < 4.78 is 6.62. The van der Waals surface area contributed by atoms with E-state index in [-0.39, 0.29) is 17.5 Å². The lowest BCUT2D eigenvalue weighted by atomic mass is 9.92. The first kappa shape index (κ1) is 17.0. The molecule has 1 aromatic heterocycles. The molecular formula is C19H21N3O3. The molecule has 3 rings (SSSR count). The van der Waals surface area contributed by atoms with Gasteiger partial charge in [0.25, 0.3) is 5.56 Å². The van der Waals surface area contributed by atoms with Crippen LogP contribution >= 0.6 is 0 Å². The zero-order valence-electron chi connectivity index (χ0n) is 14.4. The lowest BCUT2D eigenvalue weighted by molar-refractivity contribution is -0.117. The molecule has 1 aromatic carbocycles. The summed E-state index contributed by atoms with van der Waals surface area (Å²) in [5.41, 5.74) is 2.59. The molecular weight excluding hydrogens is 318 g/mol. The van der Waals surface area contributed by atoms with Crippen LogP contribution in [0.5, 0.6) is 5.75 Å². The number of fused-ring (bicyclic) bond motifs is 1. The van der Waals surface area contributed by atoms with Gasteiger partial charge < -0.3 is 10.1 Å². The monoisotopic (exact) mass is 339 g/mol. The Morgan fingerprint density at radius 2 is 2.20 bits per heavy atom. The molecule has 0 radical (unpaired) electrons. The van der Waals surface area contributed by atoms with Crippen LogP contribution in [-0.2, 0) is 24.7 Å². The molecule has 6 nitrogen and oxygen atoms in total. The molecule has 1 aliphatic carbocycles. The van der Waals surface area contributed by atoms with Crippen molar-refractivity contribution in [1.82, 2.24) is 15.1 Å². The molecule has 1 atom stereocenters. The number of para-hydroxylation sites is 1. The van der Waals surface area contributed by atoms with E-state index in [0.29, 0.717) is 6.42 Å². The van der Waals surface area contributed by atoms with Crippen molar-refractivity contribution in [2.24, 2.45) is 7.05 Å². The predicted octanol–water partition coefficient (Wildman–Crippen LogP) is 1.48. The maximum atomic E-state index is 12.2. The highest BCUT2D eigenvalue weighted by Crippen LogP contribution is 2.19. The Morgan fingerprint density at radius 1 is 1.40 bits per heavy atom. The lowest BCUT2D eigenvalue weighted by Gasteiger charge is -2.24. The van der Waals surface area contributed by atoms with Crippen molar-refractivity contribution >= 4 is 12.0 Å². The molecule has 1 N–H and O–H groups in total. The van der Waals surface area contributed by atoms with Crippen LogP contribution in [-0.4, -0.2) is 28.8 Å². The normalized spacial score (nSPS) is 16.5. The molecule has 1 aliphatic rings. The number of hydrogen-bond donors (Lipinski definition) is 1. The highest BCUT2D eigenvalue weighted by Gasteiger charge is 2.21. The number of rotatable bonds is 4. The lowest BCUT2D eigenvalue weighted by Crippen LogP contribution is -2.39. The van der Waals surface area contributed by atoms with Gasteiger partial charge >= 0.3 is 0 Å². The standard InChI is InChI=1S/C19H21N3O3/c1-22-19(24)12-14-11-15(8-9-16(14)21-22)20-18(23)10-7-13-5-3-4-6-17(13)25-2/h3-7,10,12,15H,8-9,11H2,1-2H3,(H,20,23)/b10-7+. The number of carbonyl (C=O) groups is 1. The topological polar surface area (TPSA) is 73.2 Å². The highest BCUT2D eigenvalue weighted by molar-refractivity contribution is 5.92. The summed E-state index contributed by atoms with van der Waals surface area (Å²) in [5.74, 6) is 0.566. The minimum absolute atomic E-state index is 0.0104. The number of aryl methyl sites for hydroxylation is 2. The number of nitrogens with zero attached hydrogens (tertiary/aromatic N) is 2. The van der Waals surface area contributed by atoms with E-state index in [4.69, 9.17) is 4.74 Å². The SMILES string of the molecule is COc1ccccc1/C=C/C(=O)NC1CCc2nn(C)c(=O)cc2C1. The molecule has 0 aliphatic heterocycles. The second-order valence-corrected chi connectivity index (χ2v) is 6.10. The summed E-state index contributed by atoms with van der Waals surface area (Å²) in [4.78, 5) is 23.9. The fourth-order valence-electron chi connectivity index (χ4n) is 3.03. The van der Waals surface area contributed by atoms with Gasteiger partial charge in [0.05, 0.1) is 12.8 Å². The summed E-state index contributed by atoms with van der Waals surface area (Å²) in [6, 6.07) is 9.14. The Balaban J connectivity index is 1.65. The molecule has 1 amide bonds. The van der Waals surface area contributed by atoms with Crippen molar-refractivity contribution in [1.29, 1.82) is 0 Å². The molecule has 25 heavy (non-hydrogen) atoms. The fraction of sp³-hybridized carbons (Fsp3) is 0.316. The van der Waals surface area contributed by atoms with Gasteiger partial charge in [-0.25, -0.2) is 4.68 Å². The summed E-state index contributed by atoms with van der Waals surface area (Å²) in [5, 5.41) is 7.28. The van der Waals surface area contributed by atoms with Gasteiger partial charge in [-0.2, -0.15) is 5.10 Å². The molecule has 2 aromatic rings. The highest BCUT2D eigenvalue weighted by atomic mass is 16.5. The van der Waals surface area contributed by atoms with Gasteiger partial charge in [-0.15, -0.1) is 0 Å². The van der Waals surface area contributed by atoms with Crippen LogP contribution < -0.4 is 15.6 Å². The van der Waals surface area contributed by atoms with Crippen LogP contribution in [0, 0.1) is 0 Å². The number of nitrogens with one attached hydrogen (secondary N) is 1. The minimum atomic E-state index is -0.156. The number of amides is 1. The molecule has 0 saturated heterocycles. The summed E-state index contributed by atoms with van der Waals surface area (Å²) >= 11 is 0. The average molecular weight is 339 g/mol. The Kier molecular flexibility index (Phi) is 4.97. The Morgan fingerprint density at radius 3 is 3.00 bits per heavy atom. The number of methoxy groups -OCH3 is 1. The number of benzene rings is 1. The third-order valence-electron chi connectivity index (χ3n) is 4.35. The molecule has 0 saturated carbocycles. The predicted molar refractivity (Wildman–Crippen MR) is 95.5 cm³/mol. The van der Waals surface area contributed by atoms with Crippen LogP contribution in [0.3, 0.4) is 0 Å².